The third-order valence-electron chi connectivity index (χ3n) is 3.46. The van der Waals surface area contributed by atoms with Gasteiger partial charge in [0.25, 0.3) is 0 Å². The summed E-state index contributed by atoms with van der Waals surface area (Å²) in [7, 11) is -3.63. The molecular formula is C13H19ClN2O3S. The first-order valence-electron chi connectivity index (χ1n) is 6.49. The Bertz CT molecular complexity index is 604. The first-order chi connectivity index (χ1) is 9.29. The molecule has 20 heavy (non-hydrogen) atoms. The van der Waals surface area contributed by atoms with Crippen LogP contribution in [0.5, 0.6) is 0 Å². The Kier molecular flexibility index (Phi) is 4.59. The second-order valence-corrected chi connectivity index (χ2v) is 7.26. The molecule has 1 aromatic rings. The van der Waals surface area contributed by atoms with Gasteiger partial charge in [-0.2, -0.15) is 0 Å². The van der Waals surface area contributed by atoms with Gasteiger partial charge < -0.3 is 10.5 Å². The zero-order chi connectivity index (χ0) is 14.9. The monoisotopic (exact) mass is 318 g/mol. The van der Waals surface area contributed by atoms with E-state index in [1.54, 1.807) is 13.0 Å². The summed E-state index contributed by atoms with van der Waals surface area (Å²) in [5, 5.41) is 0.314. The van der Waals surface area contributed by atoms with Crippen LogP contribution < -0.4 is 10.5 Å². The Morgan fingerprint density at radius 1 is 1.45 bits per heavy atom. The van der Waals surface area contributed by atoms with Gasteiger partial charge in [-0.15, -0.1) is 0 Å². The molecule has 0 aliphatic carbocycles. The lowest BCUT2D eigenvalue weighted by molar-refractivity contribution is 0.0173. The SMILES string of the molecule is Cc1c(N)cc(Cl)cc1S(=O)(=O)NC1CCOC(C)C1. The Balaban J connectivity index is 2.26. The van der Waals surface area contributed by atoms with Gasteiger partial charge in [0.2, 0.25) is 10.0 Å². The van der Waals surface area contributed by atoms with Crippen LogP contribution >= 0.6 is 11.6 Å². The van der Waals surface area contributed by atoms with Crippen molar-refractivity contribution in [3.63, 3.8) is 0 Å². The van der Waals surface area contributed by atoms with Crippen molar-refractivity contribution in [2.75, 3.05) is 12.3 Å². The number of halogens is 1. The molecule has 0 bridgehead atoms. The third kappa shape index (κ3) is 3.44. The highest BCUT2D eigenvalue weighted by molar-refractivity contribution is 7.89. The molecule has 0 saturated carbocycles. The molecule has 2 atom stereocenters. The Labute approximate surface area is 124 Å². The molecule has 1 aliphatic rings. The van der Waals surface area contributed by atoms with Crippen molar-refractivity contribution < 1.29 is 13.2 Å². The Morgan fingerprint density at radius 3 is 2.80 bits per heavy atom. The Hall–Kier alpha value is -0.820. The first-order valence-corrected chi connectivity index (χ1v) is 8.35. The maximum absolute atomic E-state index is 12.5. The smallest absolute Gasteiger partial charge is 0.241 e. The number of nitrogens with two attached hydrogens (primary N) is 1. The summed E-state index contributed by atoms with van der Waals surface area (Å²) in [6, 6.07) is 2.86. The molecule has 0 aromatic heterocycles. The van der Waals surface area contributed by atoms with Crippen molar-refractivity contribution in [1.29, 1.82) is 0 Å². The lowest BCUT2D eigenvalue weighted by Gasteiger charge is -2.28. The van der Waals surface area contributed by atoms with Crippen LogP contribution in [0.2, 0.25) is 5.02 Å². The van der Waals surface area contributed by atoms with Crippen molar-refractivity contribution in [1.82, 2.24) is 4.72 Å². The minimum absolute atomic E-state index is 0.0574. The second kappa shape index (κ2) is 5.89. The number of ether oxygens (including phenoxy) is 1. The van der Waals surface area contributed by atoms with E-state index in [9.17, 15) is 8.42 Å². The predicted molar refractivity (Wildman–Crippen MR) is 79.4 cm³/mol. The lowest BCUT2D eigenvalue weighted by Crippen LogP contribution is -2.41. The molecule has 1 saturated heterocycles. The fourth-order valence-electron chi connectivity index (χ4n) is 2.34. The summed E-state index contributed by atoms with van der Waals surface area (Å²) in [6.07, 6.45) is 1.38. The number of sulfonamides is 1. The van der Waals surface area contributed by atoms with Crippen LogP contribution in [0.1, 0.15) is 25.3 Å². The van der Waals surface area contributed by atoms with Crippen LogP contribution in [0.25, 0.3) is 0 Å². The fourth-order valence-corrected chi connectivity index (χ4v) is 4.22. The molecule has 3 N–H and O–H groups in total. The highest BCUT2D eigenvalue weighted by Crippen LogP contribution is 2.26. The largest absolute Gasteiger partial charge is 0.398 e. The van der Waals surface area contributed by atoms with Gasteiger partial charge in [0.1, 0.15) is 0 Å². The minimum atomic E-state index is -3.63. The lowest BCUT2D eigenvalue weighted by atomic mass is 10.1. The van der Waals surface area contributed by atoms with E-state index in [0.29, 0.717) is 35.7 Å². The van der Waals surface area contributed by atoms with Gasteiger partial charge in [-0.25, -0.2) is 13.1 Å². The standard InChI is InChI=1S/C13H19ClN2O3S/c1-8-5-11(3-4-19-8)16-20(17,18)13-7-10(14)6-12(15)9(13)2/h6-8,11,16H,3-5,15H2,1-2H3. The van der Waals surface area contributed by atoms with E-state index in [4.69, 9.17) is 22.1 Å². The van der Waals surface area contributed by atoms with Gasteiger partial charge in [0.15, 0.2) is 0 Å². The molecule has 7 heteroatoms. The van der Waals surface area contributed by atoms with Crippen LogP contribution in [0.15, 0.2) is 17.0 Å². The van der Waals surface area contributed by atoms with Gasteiger partial charge in [-0.3, -0.25) is 0 Å². The van der Waals surface area contributed by atoms with Crippen LogP contribution in [-0.4, -0.2) is 27.2 Å². The number of nitrogen functional groups attached to an aromatic ring is 1. The van der Waals surface area contributed by atoms with Crippen molar-refractivity contribution in [2.45, 2.75) is 43.7 Å². The number of hydrogen-bond acceptors (Lipinski definition) is 4. The maximum atomic E-state index is 12.5. The molecule has 1 fully saturated rings. The average molecular weight is 319 g/mol. The van der Waals surface area contributed by atoms with E-state index >= 15 is 0 Å². The summed E-state index contributed by atoms with van der Waals surface area (Å²) < 4.78 is 33.1. The predicted octanol–water partition coefficient (Wildman–Crippen LogP) is 2.08. The van der Waals surface area contributed by atoms with E-state index in [-0.39, 0.29) is 17.0 Å². The van der Waals surface area contributed by atoms with Gasteiger partial charge in [-0.1, -0.05) is 11.6 Å². The summed E-state index contributed by atoms with van der Waals surface area (Å²) in [5.74, 6) is 0. The molecule has 2 rings (SSSR count). The summed E-state index contributed by atoms with van der Waals surface area (Å²) >= 11 is 5.90. The normalized spacial score (nSPS) is 23.8. The van der Waals surface area contributed by atoms with Gasteiger partial charge >= 0.3 is 0 Å². The highest BCUT2D eigenvalue weighted by Gasteiger charge is 2.26. The summed E-state index contributed by atoms with van der Waals surface area (Å²) in [5.41, 5.74) is 6.67. The van der Waals surface area contributed by atoms with E-state index in [0.717, 1.165) is 0 Å². The minimum Gasteiger partial charge on any atom is -0.398 e. The number of hydrogen-bond donors (Lipinski definition) is 2. The molecule has 0 amide bonds. The van der Waals surface area contributed by atoms with Gasteiger partial charge in [-0.05, 0) is 44.4 Å². The molecule has 1 aliphatic heterocycles. The third-order valence-corrected chi connectivity index (χ3v) is 5.33. The molecule has 0 spiro atoms. The van der Waals surface area contributed by atoms with Crippen LogP contribution in [0.4, 0.5) is 5.69 Å². The summed E-state index contributed by atoms with van der Waals surface area (Å²) in [6.45, 7) is 4.17. The maximum Gasteiger partial charge on any atom is 0.241 e. The van der Waals surface area contributed by atoms with Crippen molar-refractivity contribution >= 4 is 27.3 Å². The van der Waals surface area contributed by atoms with E-state index < -0.39 is 10.0 Å². The molecule has 1 heterocycles. The van der Waals surface area contributed by atoms with Gasteiger partial charge in [0, 0.05) is 23.4 Å². The van der Waals surface area contributed by atoms with Crippen molar-refractivity contribution in [2.24, 2.45) is 0 Å². The first kappa shape index (κ1) is 15.6. The van der Waals surface area contributed by atoms with Crippen LogP contribution in [0.3, 0.4) is 0 Å². The quantitative estimate of drug-likeness (QED) is 0.836. The zero-order valence-corrected chi connectivity index (χ0v) is 13.1. The van der Waals surface area contributed by atoms with Gasteiger partial charge in [0.05, 0.1) is 11.0 Å². The van der Waals surface area contributed by atoms with E-state index in [2.05, 4.69) is 4.72 Å². The van der Waals surface area contributed by atoms with Crippen LogP contribution in [0, 0.1) is 6.92 Å². The van der Waals surface area contributed by atoms with Crippen molar-refractivity contribution in [3.8, 4) is 0 Å². The molecule has 2 unspecified atom stereocenters. The molecular weight excluding hydrogens is 300 g/mol. The fraction of sp³-hybridized carbons (Fsp3) is 0.538. The van der Waals surface area contributed by atoms with Crippen molar-refractivity contribution in [3.05, 3.63) is 22.7 Å². The molecule has 5 nitrogen and oxygen atoms in total. The average Bonchev–Trinajstić information content (AvgIpc) is 2.33. The van der Waals surface area contributed by atoms with E-state index in [1.807, 2.05) is 6.92 Å². The number of nitrogens with one attached hydrogen (secondary N) is 1. The van der Waals surface area contributed by atoms with E-state index in [1.165, 1.54) is 6.07 Å². The number of benzene rings is 1. The second-order valence-electron chi connectivity index (χ2n) is 5.14. The van der Waals surface area contributed by atoms with Crippen LogP contribution in [-0.2, 0) is 14.8 Å². The highest BCUT2D eigenvalue weighted by atomic mass is 35.5. The molecule has 0 radical (unpaired) electrons. The Morgan fingerprint density at radius 2 is 2.15 bits per heavy atom. The molecule has 1 aromatic carbocycles. The zero-order valence-electron chi connectivity index (χ0n) is 11.5. The number of rotatable bonds is 3. The topological polar surface area (TPSA) is 81.4 Å². The number of anilines is 1. The molecule has 112 valence electrons. The summed E-state index contributed by atoms with van der Waals surface area (Å²) in [4.78, 5) is 0.140.